The summed E-state index contributed by atoms with van der Waals surface area (Å²) in [4.78, 5) is 12.2. The summed E-state index contributed by atoms with van der Waals surface area (Å²) in [5.41, 5.74) is 3.08. The first-order chi connectivity index (χ1) is 9.61. The molecule has 1 unspecified atom stereocenters. The van der Waals surface area contributed by atoms with Gasteiger partial charge in [-0.1, -0.05) is 22.0 Å². The summed E-state index contributed by atoms with van der Waals surface area (Å²) in [5.74, 6) is -0.366. The smallest absolute Gasteiger partial charge is 0.228 e. The predicted octanol–water partition coefficient (Wildman–Crippen LogP) is 3.94. The highest BCUT2D eigenvalue weighted by atomic mass is 79.9. The summed E-state index contributed by atoms with van der Waals surface area (Å²) in [7, 11) is 0. The molecule has 0 aliphatic heterocycles. The van der Waals surface area contributed by atoms with Crippen LogP contribution in [0.15, 0.2) is 46.9 Å². The van der Waals surface area contributed by atoms with Crippen molar-refractivity contribution in [2.45, 2.75) is 12.8 Å². The summed E-state index contributed by atoms with van der Waals surface area (Å²) in [5, 5.41) is 2.84. The molecule has 1 atom stereocenters. The van der Waals surface area contributed by atoms with Crippen molar-refractivity contribution < 1.29 is 9.18 Å². The van der Waals surface area contributed by atoms with Crippen LogP contribution in [0.25, 0.3) is 0 Å². The van der Waals surface area contributed by atoms with Gasteiger partial charge in [-0.25, -0.2) is 4.39 Å². The Kier molecular flexibility index (Phi) is 3.57. The maximum atomic E-state index is 12.8. The number of hydrogen-bond acceptors (Lipinski definition) is 1. The van der Waals surface area contributed by atoms with Crippen molar-refractivity contribution >= 4 is 27.5 Å². The fourth-order valence-corrected chi connectivity index (χ4v) is 2.96. The molecule has 3 rings (SSSR count). The maximum Gasteiger partial charge on any atom is 0.228 e. The van der Waals surface area contributed by atoms with Crippen LogP contribution in [0.3, 0.4) is 0 Å². The number of fused-ring (bicyclic) bond motifs is 1. The molecule has 1 amide bonds. The number of carbonyl (C=O) groups excluding carboxylic acids is 1. The minimum absolute atomic E-state index is 0.0102. The summed E-state index contributed by atoms with van der Waals surface area (Å²) < 4.78 is 13.9. The van der Waals surface area contributed by atoms with Crippen LogP contribution in [0.5, 0.6) is 0 Å². The minimum atomic E-state index is -0.305. The number of anilines is 1. The lowest BCUT2D eigenvalue weighted by atomic mass is 10.1. The number of nitrogens with one attached hydrogen (secondary N) is 1. The van der Waals surface area contributed by atoms with Crippen LogP contribution in [0.4, 0.5) is 10.1 Å². The Morgan fingerprint density at radius 2 is 1.80 bits per heavy atom. The van der Waals surface area contributed by atoms with Crippen LogP contribution in [0.1, 0.15) is 11.1 Å². The van der Waals surface area contributed by atoms with Crippen LogP contribution in [0.2, 0.25) is 0 Å². The zero-order valence-electron chi connectivity index (χ0n) is 10.7. The number of halogens is 2. The Hall–Kier alpha value is -1.68. The van der Waals surface area contributed by atoms with E-state index in [1.54, 1.807) is 12.1 Å². The largest absolute Gasteiger partial charge is 0.326 e. The summed E-state index contributed by atoms with van der Waals surface area (Å²) in [6.07, 6.45) is 1.51. The van der Waals surface area contributed by atoms with Gasteiger partial charge in [-0.2, -0.15) is 0 Å². The van der Waals surface area contributed by atoms with Gasteiger partial charge in [0.1, 0.15) is 5.82 Å². The first-order valence-corrected chi connectivity index (χ1v) is 7.25. The number of rotatable bonds is 2. The van der Waals surface area contributed by atoms with Crippen LogP contribution in [-0.4, -0.2) is 5.91 Å². The van der Waals surface area contributed by atoms with Gasteiger partial charge in [-0.05, 0) is 60.4 Å². The molecule has 0 radical (unpaired) electrons. The number of benzene rings is 2. The molecule has 1 N–H and O–H groups in total. The fraction of sp³-hybridized carbons (Fsp3) is 0.188. The molecule has 0 saturated carbocycles. The van der Waals surface area contributed by atoms with Gasteiger partial charge < -0.3 is 5.32 Å². The molecule has 0 fully saturated rings. The van der Waals surface area contributed by atoms with E-state index in [9.17, 15) is 9.18 Å². The normalized spacial score (nSPS) is 16.8. The van der Waals surface area contributed by atoms with E-state index in [1.807, 2.05) is 6.07 Å². The van der Waals surface area contributed by atoms with Crippen molar-refractivity contribution in [2.24, 2.45) is 5.92 Å². The lowest BCUT2D eigenvalue weighted by molar-refractivity contribution is -0.119. The summed E-state index contributed by atoms with van der Waals surface area (Å²) in [6.45, 7) is 0. The number of hydrogen-bond donors (Lipinski definition) is 1. The third-order valence-electron chi connectivity index (χ3n) is 3.58. The standard InChI is InChI=1S/C16H13BrFNO/c17-13-2-1-10-7-12(8-11(10)9-13)16(20)19-15-5-3-14(18)4-6-15/h1-6,9,12H,7-8H2,(H,19,20). The maximum absolute atomic E-state index is 12.8. The van der Waals surface area contributed by atoms with E-state index in [0.717, 1.165) is 17.3 Å². The highest BCUT2D eigenvalue weighted by Crippen LogP contribution is 2.30. The molecule has 102 valence electrons. The first kappa shape index (κ1) is 13.3. The van der Waals surface area contributed by atoms with E-state index in [2.05, 4.69) is 33.4 Å². The van der Waals surface area contributed by atoms with Crippen molar-refractivity contribution in [1.82, 2.24) is 0 Å². The van der Waals surface area contributed by atoms with E-state index >= 15 is 0 Å². The molecule has 2 nitrogen and oxygen atoms in total. The molecule has 2 aromatic rings. The lowest BCUT2D eigenvalue weighted by Gasteiger charge is -2.10. The minimum Gasteiger partial charge on any atom is -0.326 e. The Bertz CT molecular complexity index is 654. The molecule has 2 aromatic carbocycles. The van der Waals surface area contributed by atoms with Crippen molar-refractivity contribution in [1.29, 1.82) is 0 Å². The Labute approximate surface area is 125 Å². The number of carbonyl (C=O) groups is 1. The second-order valence-corrected chi connectivity index (χ2v) is 5.93. The zero-order valence-corrected chi connectivity index (χ0v) is 12.3. The Balaban J connectivity index is 1.69. The molecule has 0 saturated heterocycles. The second kappa shape index (κ2) is 5.37. The first-order valence-electron chi connectivity index (χ1n) is 6.45. The molecule has 1 aliphatic rings. The van der Waals surface area contributed by atoms with Crippen molar-refractivity contribution in [3.05, 3.63) is 63.9 Å². The average Bonchev–Trinajstić information content (AvgIpc) is 2.84. The Morgan fingerprint density at radius 1 is 1.10 bits per heavy atom. The molecule has 0 heterocycles. The molecule has 1 aliphatic carbocycles. The van der Waals surface area contributed by atoms with Crippen molar-refractivity contribution in [3.63, 3.8) is 0 Å². The van der Waals surface area contributed by atoms with Gasteiger partial charge in [0.15, 0.2) is 0 Å². The zero-order chi connectivity index (χ0) is 14.1. The van der Waals surface area contributed by atoms with Crippen molar-refractivity contribution in [3.8, 4) is 0 Å². The molecule has 0 bridgehead atoms. The quantitative estimate of drug-likeness (QED) is 0.886. The van der Waals surface area contributed by atoms with Gasteiger partial charge in [0.2, 0.25) is 5.91 Å². The van der Waals surface area contributed by atoms with E-state index in [1.165, 1.54) is 23.3 Å². The second-order valence-electron chi connectivity index (χ2n) is 5.01. The van der Waals surface area contributed by atoms with Crippen LogP contribution < -0.4 is 5.32 Å². The molecule has 20 heavy (non-hydrogen) atoms. The fourth-order valence-electron chi connectivity index (χ4n) is 2.55. The topological polar surface area (TPSA) is 29.1 Å². The van der Waals surface area contributed by atoms with Gasteiger partial charge in [0, 0.05) is 16.1 Å². The van der Waals surface area contributed by atoms with Gasteiger partial charge in [0.05, 0.1) is 0 Å². The molecule has 0 spiro atoms. The molecular weight excluding hydrogens is 321 g/mol. The predicted molar refractivity (Wildman–Crippen MR) is 80.1 cm³/mol. The average molecular weight is 334 g/mol. The number of amides is 1. The summed E-state index contributed by atoms with van der Waals surface area (Å²) in [6, 6.07) is 12.0. The molecular formula is C16H13BrFNO. The van der Waals surface area contributed by atoms with Gasteiger partial charge in [-0.3, -0.25) is 4.79 Å². The van der Waals surface area contributed by atoms with E-state index in [4.69, 9.17) is 0 Å². The van der Waals surface area contributed by atoms with E-state index in [-0.39, 0.29) is 17.6 Å². The SMILES string of the molecule is O=C(Nc1ccc(F)cc1)C1Cc2ccc(Br)cc2C1. The van der Waals surface area contributed by atoms with Gasteiger partial charge in [-0.15, -0.1) is 0 Å². The van der Waals surface area contributed by atoms with E-state index in [0.29, 0.717) is 5.69 Å². The highest BCUT2D eigenvalue weighted by Gasteiger charge is 2.27. The lowest BCUT2D eigenvalue weighted by Crippen LogP contribution is -2.23. The summed E-state index contributed by atoms with van der Waals surface area (Å²) >= 11 is 3.45. The molecule has 0 aromatic heterocycles. The third-order valence-corrected chi connectivity index (χ3v) is 4.08. The van der Waals surface area contributed by atoms with E-state index < -0.39 is 0 Å². The van der Waals surface area contributed by atoms with Gasteiger partial charge in [0.25, 0.3) is 0 Å². The van der Waals surface area contributed by atoms with Crippen LogP contribution in [-0.2, 0) is 17.6 Å². The monoisotopic (exact) mass is 333 g/mol. The highest BCUT2D eigenvalue weighted by molar-refractivity contribution is 9.10. The van der Waals surface area contributed by atoms with Crippen molar-refractivity contribution in [2.75, 3.05) is 5.32 Å². The molecule has 4 heteroatoms. The van der Waals surface area contributed by atoms with Crippen LogP contribution in [0, 0.1) is 11.7 Å². The third kappa shape index (κ3) is 2.75. The Morgan fingerprint density at radius 3 is 2.55 bits per heavy atom. The van der Waals surface area contributed by atoms with Gasteiger partial charge >= 0.3 is 0 Å². The van der Waals surface area contributed by atoms with Crippen LogP contribution >= 0.6 is 15.9 Å².